The number of carbonyl (C=O) groups excluding carboxylic acids is 1. The maximum atomic E-state index is 13.4. The third-order valence-electron chi connectivity index (χ3n) is 3.55. The van der Waals surface area contributed by atoms with Crippen molar-refractivity contribution < 1.29 is 9.18 Å². The van der Waals surface area contributed by atoms with Crippen LogP contribution in [0.25, 0.3) is 0 Å². The van der Waals surface area contributed by atoms with Crippen LogP contribution in [0.3, 0.4) is 0 Å². The van der Waals surface area contributed by atoms with Gasteiger partial charge < -0.3 is 0 Å². The molecule has 0 aromatic heterocycles. The van der Waals surface area contributed by atoms with Gasteiger partial charge in [0.15, 0.2) is 0 Å². The van der Waals surface area contributed by atoms with Crippen molar-refractivity contribution in [1.29, 1.82) is 0 Å². The van der Waals surface area contributed by atoms with Gasteiger partial charge in [-0.3, -0.25) is 4.79 Å². The Kier molecular flexibility index (Phi) is 4.56. The largest absolute Gasteiger partial charge is 0.281 e. The molecular formula is C17H16ClFO. The molecule has 0 aliphatic heterocycles. The average molecular weight is 291 g/mol. The zero-order valence-corrected chi connectivity index (χ0v) is 12.2. The van der Waals surface area contributed by atoms with E-state index in [4.69, 9.17) is 11.6 Å². The summed E-state index contributed by atoms with van der Waals surface area (Å²) in [6.07, 6.45) is 0.160. The number of hydrogen-bond donors (Lipinski definition) is 0. The summed E-state index contributed by atoms with van der Waals surface area (Å²) < 4.78 is 13.4. The van der Waals surface area contributed by atoms with E-state index in [1.54, 1.807) is 6.07 Å². The summed E-state index contributed by atoms with van der Waals surface area (Å²) in [7, 11) is 0. The Morgan fingerprint density at radius 3 is 2.40 bits per heavy atom. The van der Waals surface area contributed by atoms with Crippen LogP contribution in [-0.4, -0.2) is 5.24 Å². The van der Waals surface area contributed by atoms with Crippen LogP contribution < -0.4 is 0 Å². The highest BCUT2D eigenvalue weighted by Crippen LogP contribution is 2.30. The van der Waals surface area contributed by atoms with E-state index in [1.165, 1.54) is 17.7 Å². The van der Waals surface area contributed by atoms with Crippen LogP contribution in [-0.2, 0) is 4.79 Å². The molecule has 0 amide bonds. The highest BCUT2D eigenvalue weighted by molar-refractivity contribution is 6.63. The molecule has 104 valence electrons. The molecule has 3 heteroatoms. The minimum Gasteiger partial charge on any atom is -0.281 e. The second-order valence-corrected chi connectivity index (χ2v) is 5.43. The van der Waals surface area contributed by atoms with E-state index in [2.05, 4.69) is 0 Å². The van der Waals surface area contributed by atoms with Crippen molar-refractivity contribution >= 4 is 16.8 Å². The normalized spacial score (nSPS) is 12.2. The molecule has 1 atom stereocenters. The first-order valence-corrected chi connectivity index (χ1v) is 6.86. The third kappa shape index (κ3) is 3.45. The van der Waals surface area contributed by atoms with E-state index in [0.29, 0.717) is 0 Å². The Morgan fingerprint density at radius 1 is 1.10 bits per heavy atom. The monoisotopic (exact) mass is 290 g/mol. The van der Waals surface area contributed by atoms with E-state index >= 15 is 0 Å². The number of rotatable bonds is 4. The van der Waals surface area contributed by atoms with Crippen molar-refractivity contribution in [2.45, 2.75) is 26.2 Å². The molecule has 0 fully saturated rings. The Bertz CT molecular complexity index is 637. The number of aryl methyl sites for hydroxylation is 2. The first-order valence-electron chi connectivity index (χ1n) is 6.48. The van der Waals surface area contributed by atoms with E-state index < -0.39 is 5.24 Å². The van der Waals surface area contributed by atoms with Gasteiger partial charge in [-0.2, -0.15) is 0 Å². The van der Waals surface area contributed by atoms with Gasteiger partial charge >= 0.3 is 0 Å². The summed E-state index contributed by atoms with van der Waals surface area (Å²) in [6, 6.07) is 12.3. The lowest BCUT2D eigenvalue weighted by Gasteiger charge is -2.17. The summed E-state index contributed by atoms with van der Waals surface area (Å²) in [5, 5.41) is -0.419. The highest BCUT2D eigenvalue weighted by atomic mass is 35.5. The van der Waals surface area contributed by atoms with Crippen LogP contribution in [0.1, 0.15) is 34.6 Å². The summed E-state index contributed by atoms with van der Waals surface area (Å²) in [5.74, 6) is -0.520. The molecule has 2 aromatic rings. The fraction of sp³-hybridized carbons (Fsp3) is 0.235. The number of carbonyl (C=O) groups is 1. The molecular weight excluding hydrogens is 275 g/mol. The second kappa shape index (κ2) is 6.19. The molecule has 2 rings (SSSR count). The predicted octanol–water partition coefficient (Wildman–Crippen LogP) is 4.73. The maximum absolute atomic E-state index is 13.4. The summed E-state index contributed by atoms with van der Waals surface area (Å²) in [6.45, 7) is 4.05. The molecule has 1 unspecified atom stereocenters. The fourth-order valence-electron chi connectivity index (χ4n) is 2.29. The van der Waals surface area contributed by atoms with Crippen molar-refractivity contribution in [2.24, 2.45) is 0 Å². The van der Waals surface area contributed by atoms with Crippen LogP contribution in [0.2, 0.25) is 0 Å². The quantitative estimate of drug-likeness (QED) is 0.744. The lowest BCUT2D eigenvalue weighted by Crippen LogP contribution is -2.06. The van der Waals surface area contributed by atoms with Crippen LogP contribution >= 0.6 is 11.6 Å². The van der Waals surface area contributed by atoms with Gasteiger partial charge in [-0.1, -0.05) is 30.3 Å². The molecule has 0 spiro atoms. The molecule has 0 bridgehead atoms. The number of hydrogen-bond acceptors (Lipinski definition) is 1. The van der Waals surface area contributed by atoms with Gasteiger partial charge in [-0.25, -0.2) is 4.39 Å². The summed E-state index contributed by atoms with van der Waals surface area (Å²) >= 11 is 5.55. The van der Waals surface area contributed by atoms with E-state index in [-0.39, 0.29) is 18.2 Å². The lowest BCUT2D eigenvalue weighted by molar-refractivity contribution is -0.111. The van der Waals surface area contributed by atoms with Crippen molar-refractivity contribution in [1.82, 2.24) is 0 Å². The van der Waals surface area contributed by atoms with E-state index in [9.17, 15) is 9.18 Å². The molecule has 0 saturated heterocycles. The van der Waals surface area contributed by atoms with Crippen LogP contribution in [0.4, 0.5) is 4.39 Å². The molecule has 0 aliphatic rings. The van der Waals surface area contributed by atoms with Gasteiger partial charge in [-0.15, -0.1) is 0 Å². The highest BCUT2D eigenvalue weighted by Gasteiger charge is 2.18. The standard InChI is InChI=1S/C17H16ClFO/c1-11-6-7-14(8-12(11)2)16(10-17(18)20)13-4-3-5-15(19)9-13/h3-9,16H,10H2,1-2H3. The topological polar surface area (TPSA) is 17.1 Å². The van der Waals surface area contributed by atoms with Gasteiger partial charge in [0.2, 0.25) is 5.24 Å². The van der Waals surface area contributed by atoms with Gasteiger partial charge in [0.05, 0.1) is 0 Å². The van der Waals surface area contributed by atoms with Gasteiger partial charge in [0.1, 0.15) is 5.82 Å². The molecule has 20 heavy (non-hydrogen) atoms. The summed E-state index contributed by atoms with van der Waals surface area (Å²) in [4.78, 5) is 11.3. The Hall–Kier alpha value is -1.67. The van der Waals surface area contributed by atoms with Gasteiger partial charge in [-0.05, 0) is 59.8 Å². The van der Waals surface area contributed by atoms with Crippen LogP contribution in [0.5, 0.6) is 0 Å². The van der Waals surface area contributed by atoms with E-state index in [0.717, 1.165) is 16.7 Å². The average Bonchev–Trinajstić information content (AvgIpc) is 2.39. The smallest absolute Gasteiger partial charge is 0.222 e. The minimum absolute atomic E-state index is 0.160. The van der Waals surface area contributed by atoms with Crippen molar-refractivity contribution in [2.75, 3.05) is 0 Å². The minimum atomic E-state index is -0.419. The van der Waals surface area contributed by atoms with Crippen molar-refractivity contribution in [3.63, 3.8) is 0 Å². The van der Waals surface area contributed by atoms with Crippen molar-refractivity contribution in [3.05, 3.63) is 70.5 Å². The second-order valence-electron chi connectivity index (χ2n) is 5.01. The van der Waals surface area contributed by atoms with Crippen molar-refractivity contribution in [3.8, 4) is 0 Å². The molecule has 2 aromatic carbocycles. The molecule has 0 N–H and O–H groups in total. The van der Waals surface area contributed by atoms with Gasteiger partial charge in [0.25, 0.3) is 0 Å². The van der Waals surface area contributed by atoms with Crippen LogP contribution in [0.15, 0.2) is 42.5 Å². The lowest BCUT2D eigenvalue weighted by atomic mass is 9.87. The Labute approximate surface area is 123 Å². The van der Waals surface area contributed by atoms with E-state index in [1.807, 2.05) is 38.1 Å². The first kappa shape index (κ1) is 14.7. The Morgan fingerprint density at radius 2 is 1.80 bits per heavy atom. The zero-order valence-electron chi connectivity index (χ0n) is 11.5. The predicted molar refractivity (Wildman–Crippen MR) is 79.6 cm³/mol. The molecule has 1 nitrogen and oxygen atoms in total. The maximum Gasteiger partial charge on any atom is 0.222 e. The SMILES string of the molecule is Cc1ccc(C(CC(=O)Cl)c2cccc(F)c2)cc1C. The number of benzene rings is 2. The number of halogens is 2. The molecule has 0 aliphatic carbocycles. The fourth-order valence-corrected chi connectivity index (χ4v) is 2.45. The molecule has 0 saturated carbocycles. The first-order chi connectivity index (χ1) is 9.47. The third-order valence-corrected chi connectivity index (χ3v) is 3.70. The summed E-state index contributed by atoms with van der Waals surface area (Å²) in [5.41, 5.74) is 4.07. The Balaban J connectivity index is 2.46. The molecule has 0 heterocycles. The van der Waals surface area contributed by atoms with Crippen LogP contribution in [0, 0.1) is 19.7 Å². The molecule has 0 radical (unpaired) electrons. The zero-order chi connectivity index (χ0) is 14.7. The van der Waals surface area contributed by atoms with Gasteiger partial charge in [0, 0.05) is 12.3 Å².